The Kier molecular flexibility index (Phi) is 7.80. The zero-order chi connectivity index (χ0) is 20.5. The molecule has 3 aromatic rings. The van der Waals surface area contributed by atoms with Crippen LogP contribution in [0, 0.1) is 0 Å². The molecule has 3 heteroatoms. The van der Waals surface area contributed by atoms with Crippen LogP contribution in [0.5, 0.6) is 17.2 Å². The number of hydrogen-bond donors (Lipinski definition) is 0. The van der Waals surface area contributed by atoms with Gasteiger partial charge in [-0.25, -0.2) is 0 Å². The van der Waals surface area contributed by atoms with Crippen LogP contribution in [-0.2, 0) is 0 Å². The molecule has 1 atom stereocenters. The number of fused-ring (bicyclic) bond motifs is 1. The summed E-state index contributed by atoms with van der Waals surface area (Å²) in [4.78, 5) is 0. The third-order valence-corrected chi connectivity index (χ3v) is 5.23. The first-order chi connectivity index (χ1) is 14.2. The van der Waals surface area contributed by atoms with Gasteiger partial charge in [-0.05, 0) is 59.2 Å². The fourth-order valence-electron chi connectivity index (χ4n) is 3.34. The highest BCUT2D eigenvalue weighted by Crippen LogP contribution is 2.26. The van der Waals surface area contributed by atoms with E-state index in [1.807, 2.05) is 30.3 Å². The van der Waals surface area contributed by atoms with Crippen LogP contribution in [0.1, 0.15) is 51.0 Å². The van der Waals surface area contributed by atoms with Gasteiger partial charge in [-0.2, -0.15) is 0 Å². The lowest BCUT2D eigenvalue weighted by Crippen LogP contribution is -2.07. The second-order valence-electron chi connectivity index (χ2n) is 7.57. The normalized spacial score (nSPS) is 12.0. The number of hydrogen-bond acceptors (Lipinski definition) is 3. The van der Waals surface area contributed by atoms with Gasteiger partial charge in [0.2, 0.25) is 0 Å². The van der Waals surface area contributed by atoms with Crippen molar-refractivity contribution in [1.29, 1.82) is 0 Å². The molecule has 3 rings (SSSR count). The van der Waals surface area contributed by atoms with E-state index in [-0.39, 0.29) is 0 Å². The fourth-order valence-corrected chi connectivity index (χ4v) is 3.34. The summed E-state index contributed by atoms with van der Waals surface area (Å²) in [5.74, 6) is 2.97. The van der Waals surface area contributed by atoms with E-state index >= 15 is 0 Å². The fraction of sp³-hybridized carbons (Fsp3) is 0.385. The molecule has 0 aliphatic heterocycles. The molecule has 0 bridgehead atoms. The molecular weight excluding hydrogens is 360 g/mol. The van der Waals surface area contributed by atoms with Crippen molar-refractivity contribution in [3.05, 3.63) is 66.2 Å². The zero-order valence-electron chi connectivity index (χ0n) is 17.8. The van der Waals surface area contributed by atoms with Crippen molar-refractivity contribution in [3.63, 3.8) is 0 Å². The van der Waals surface area contributed by atoms with Crippen LogP contribution in [0.15, 0.2) is 60.7 Å². The van der Waals surface area contributed by atoms with Crippen molar-refractivity contribution in [2.24, 2.45) is 0 Å². The summed E-state index contributed by atoms with van der Waals surface area (Å²) in [6, 6.07) is 20.7. The lowest BCUT2D eigenvalue weighted by atomic mass is 9.98. The molecule has 0 fully saturated rings. The maximum atomic E-state index is 6.01. The molecule has 0 aromatic heterocycles. The summed E-state index contributed by atoms with van der Waals surface area (Å²) in [6.45, 7) is 5.83. The van der Waals surface area contributed by atoms with Gasteiger partial charge >= 0.3 is 0 Å². The summed E-state index contributed by atoms with van der Waals surface area (Å²) in [6.07, 6.45) is 4.87. The molecule has 0 aliphatic rings. The quantitative estimate of drug-likeness (QED) is 0.329. The van der Waals surface area contributed by atoms with Crippen molar-refractivity contribution in [2.75, 3.05) is 20.3 Å². The Morgan fingerprint density at radius 2 is 1.38 bits per heavy atom. The van der Waals surface area contributed by atoms with Gasteiger partial charge in [0.05, 0.1) is 20.3 Å². The van der Waals surface area contributed by atoms with Crippen LogP contribution in [0.4, 0.5) is 0 Å². The zero-order valence-corrected chi connectivity index (χ0v) is 17.8. The minimum Gasteiger partial charge on any atom is -0.497 e. The number of benzene rings is 3. The molecule has 154 valence electrons. The molecular formula is C26H32O3. The molecule has 0 heterocycles. The maximum Gasteiger partial charge on any atom is 0.119 e. The van der Waals surface area contributed by atoms with E-state index in [1.54, 1.807) is 7.11 Å². The van der Waals surface area contributed by atoms with Crippen LogP contribution in [0.2, 0.25) is 0 Å². The van der Waals surface area contributed by atoms with Crippen LogP contribution in [0.25, 0.3) is 10.8 Å². The summed E-state index contributed by atoms with van der Waals surface area (Å²) >= 11 is 0. The first-order valence-electron chi connectivity index (χ1n) is 10.6. The predicted molar refractivity (Wildman–Crippen MR) is 120 cm³/mol. The topological polar surface area (TPSA) is 27.7 Å². The SMILES string of the molecule is CCCCCCOc1ccc(OC[C@@H](C)c2ccc3cc(OC)ccc3c2)cc1. The molecule has 0 aliphatic carbocycles. The molecule has 0 saturated heterocycles. The number of unbranched alkanes of at least 4 members (excludes halogenated alkanes) is 3. The average molecular weight is 393 g/mol. The molecule has 0 N–H and O–H groups in total. The summed E-state index contributed by atoms with van der Waals surface area (Å²) in [5, 5.41) is 2.40. The van der Waals surface area contributed by atoms with Gasteiger partial charge < -0.3 is 14.2 Å². The second-order valence-corrected chi connectivity index (χ2v) is 7.57. The highest BCUT2D eigenvalue weighted by atomic mass is 16.5. The highest BCUT2D eigenvalue weighted by molar-refractivity contribution is 5.84. The minimum atomic E-state index is 0.302. The van der Waals surface area contributed by atoms with Gasteiger partial charge in [0, 0.05) is 5.92 Å². The Balaban J connectivity index is 1.51. The van der Waals surface area contributed by atoms with Crippen LogP contribution < -0.4 is 14.2 Å². The third kappa shape index (κ3) is 6.15. The van der Waals surface area contributed by atoms with Gasteiger partial charge in [-0.3, -0.25) is 0 Å². The van der Waals surface area contributed by atoms with E-state index in [4.69, 9.17) is 14.2 Å². The first kappa shape index (κ1) is 21.0. The standard InChI is InChI=1S/C26H32O3/c1-4-5-6-7-16-28-24-12-14-25(15-13-24)29-19-20(2)21-8-9-23-18-26(27-3)11-10-22(23)17-21/h8-15,17-18,20H,4-7,16,19H2,1-3H3/t20-/m1/s1. The summed E-state index contributed by atoms with van der Waals surface area (Å²) in [5.41, 5.74) is 1.27. The largest absolute Gasteiger partial charge is 0.497 e. The molecule has 0 saturated carbocycles. The van der Waals surface area contributed by atoms with E-state index < -0.39 is 0 Å². The van der Waals surface area contributed by atoms with Crippen molar-refractivity contribution in [3.8, 4) is 17.2 Å². The van der Waals surface area contributed by atoms with E-state index in [0.29, 0.717) is 12.5 Å². The molecule has 3 aromatic carbocycles. The third-order valence-electron chi connectivity index (χ3n) is 5.23. The molecule has 0 unspecified atom stereocenters. The number of ether oxygens (including phenoxy) is 3. The lowest BCUT2D eigenvalue weighted by molar-refractivity contribution is 0.291. The van der Waals surface area contributed by atoms with Crippen molar-refractivity contribution < 1.29 is 14.2 Å². The van der Waals surface area contributed by atoms with E-state index in [9.17, 15) is 0 Å². The maximum absolute atomic E-state index is 6.01. The summed E-state index contributed by atoms with van der Waals surface area (Å²) < 4.78 is 17.1. The van der Waals surface area contributed by atoms with E-state index in [1.165, 1.54) is 35.6 Å². The first-order valence-corrected chi connectivity index (χ1v) is 10.6. The van der Waals surface area contributed by atoms with Gasteiger partial charge in [0.1, 0.15) is 17.2 Å². The molecule has 29 heavy (non-hydrogen) atoms. The van der Waals surface area contributed by atoms with Gasteiger partial charge in [0.25, 0.3) is 0 Å². The van der Waals surface area contributed by atoms with Crippen molar-refractivity contribution in [2.45, 2.75) is 45.4 Å². The van der Waals surface area contributed by atoms with Crippen LogP contribution in [-0.4, -0.2) is 20.3 Å². The van der Waals surface area contributed by atoms with E-state index in [2.05, 4.69) is 44.2 Å². The molecule has 3 nitrogen and oxygen atoms in total. The minimum absolute atomic E-state index is 0.302. The van der Waals surface area contributed by atoms with Crippen LogP contribution in [0.3, 0.4) is 0 Å². The van der Waals surface area contributed by atoms with Gasteiger partial charge in [0.15, 0.2) is 0 Å². The number of methoxy groups -OCH3 is 1. The van der Waals surface area contributed by atoms with Crippen molar-refractivity contribution in [1.82, 2.24) is 0 Å². The lowest BCUT2D eigenvalue weighted by Gasteiger charge is -2.15. The molecule has 0 amide bonds. The van der Waals surface area contributed by atoms with Gasteiger partial charge in [-0.1, -0.05) is 57.4 Å². The van der Waals surface area contributed by atoms with Crippen LogP contribution >= 0.6 is 0 Å². The van der Waals surface area contributed by atoms with E-state index in [0.717, 1.165) is 30.3 Å². The summed E-state index contributed by atoms with van der Waals surface area (Å²) in [7, 11) is 1.70. The molecule has 0 radical (unpaired) electrons. The Bertz CT molecular complexity index is 886. The Morgan fingerprint density at radius 3 is 2.10 bits per heavy atom. The monoisotopic (exact) mass is 392 g/mol. The molecule has 0 spiro atoms. The average Bonchev–Trinajstić information content (AvgIpc) is 2.77. The predicted octanol–water partition coefficient (Wildman–Crippen LogP) is 6.99. The Labute approximate surface area is 174 Å². The van der Waals surface area contributed by atoms with Crippen molar-refractivity contribution >= 4 is 10.8 Å². The Hall–Kier alpha value is -2.68. The van der Waals surface area contributed by atoms with Gasteiger partial charge in [-0.15, -0.1) is 0 Å². The smallest absolute Gasteiger partial charge is 0.119 e. The second kappa shape index (κ2) is 10.8. The number of rotatable bonds is 11. The Morgan fingerprint density at radius 1 is 0.724 bits per heavy atom. The highest BCUT2D eigenvalue weighted by Gasteiger charge is 2.08.